The lowest BCUT2D eigenvalue weighted by Crippen LogP contribution is -2.29. The Morgan fingerprint density at radius 2 is 1.94 bits per heavy atom. The Labute approximate surface area is 109 Å². The second kappa shape index (κ2) is 7.12. The van der Waals surface area contributed by atoms with Crippen molar-refractivity contribution in [2.45, 2.75) is 20.3 Å². The van der Waals surface area contributed by atoms with Gasteiger partial charge in [0.05, 0.1) is 7.11 Å². The average molecular weight is 252 g/mol. The first-order chi connectivity index (χ1) is 8.11. The predicted octanol–water partition coefficient (Wildman–Crippen LogP) is 3.03. The van der Waals surface area contributed by atoms with E-state index in [-0.39, 0.29) is 0 Å². The minimum absolute atomic E-state index is 0.663. The highest BCUT2D eigenvalue weighted by molar-refractivity contribution is 7.80. The Morgan fingerprint density at radius 3 is 2.47 bits per heavy atom. The van der Waals surface area contributed by atoms with Crippen LogP contribution in [0.25, 0.3) is 0 Å². The van der Waals surface area contributed by atoms with Crippen molar-refractivity contribution in [3.8, 4) is 5.75 Å². The monoisotopic (exact) mass is 252 g/mol. The summed E-state index contributed by atoms with van der Waals surface area (Å²) >= 11 is 5.20. The summed E-state index contributed by atoms with van der Waals surface area (Å²) in [6.07, 6.45) is 1.12. The Bertz CT molecular complexity index is 349. The van der Waals surface area contributed by atoms with Crippen LogP contribution in [0.5, 0.6) is 5.75 Å². The van der Waals surface area contributed by atoms with Gasteiger partial charge in [0, 0.05) is 12.2 Å². The van der Waals surface area contributed by atoms with Crippen LogP contribution < -0.4 is 15.4 Å². The van der Waals surface area contributed by atoms with Crippen LogP contribution in [0, 0.1) is 5.92 Å². The maximum atomic E-state index is 5.20. The zero-order chi connectivity index (χ0) is 12.7. The van der Waals surface area contributed by atoms with Gasteiger partial charge in [-0.05, 0) is 48.8 Å². The highest BCUT2D eigenvalue weighted by Crippen LogP contribution is 2.14. The van der Waals surface area contributed by atoms with E-state index < -0.39 is 0 Å². The number of thiocarbonyl (C=S) groups is 1. The van der Waals surface area contributed by atoms with Crippen LogP contribution >= 0.6 is 12.2 Å². The first-order valence-electron chi connectivity index (χ1n) is 5.80. The van der Waals surface area contributed by atoms with Crippen molar-refractivity contribution in [2.24, 2.45) is 5.92 Å². The first kappa shape index (κ1) is 13.8. The molecular formula is C13H20N2OS. The smallest absolute Gasteiger partial charge is 0.170 e. The quantitative estimate of drug-likeness (QED) is 0.789. The van der Waals surface area contributed by atoms with E-state index in [2.05, 4.69) is 24.5 Å². The number of methoxy groups -OCH3 is 1. The molecule has 0 bridgehead atoms. The molecule has 0 saturated carbocycles. The molecule has 0 aliphatic rings. The molecule has 0 unspecified atom stereocenters. The fourth-order valence-electron chi connectivity index (χ4n) is 1.32. The number of nitrogens with one attached hydrogen (secondary N) is 2. The molecule has 1 rings (SSSR count). The minimum Gasteiger partial charge on any atom is -0.497 e. The van der Waals surface area contributed by atoms with Gasteiger partial charge >= 0.3 is 0 Å². The van der Waals surface area contributed by atoms with E-state index in [1.807, 2.05) is 24.3 Å². The van der Waals surface area contributed by atoms with Gasteiger partial charge in [-0.3, -0.25) is 0 Å². The van der Waals surface area contributed by atoms with Crippen LogP contribution in [-0.4, -0.2) is 18.8 Å². The van der Waals surface area contributed by atoms with Crippen LogP contribution in [-0.2, 0) is 0 Å². The van der Waals surface area contributed by atoms with Crippen molar-refractivity contribution in [1.82, 2.24) is 5.32 Å². The molecule has 0 aliphatic heterocycles. The molecule has 0 spiro atoms. The first-order valence-corrected chi connectivity index (χ1v) is 6.21. The van der Waals surface area contributed by atoms with E-state index in [1.54, 1.807) is 7.11 Å². The topological polar surface area (TPSA) is 33.3 Å². The molecule has 17 heavy (non-hydrogen) atoms. The predicted molar refractivity (Wildman–Crippen MR) is 76.7 cm³/mol. The largest absolute Gasteiger partial charge is 0.497 e. The lowest BCUT2D eigenvalue weighted by atomic mass is 10.1. The summed E-state index contributed by atoms with van der Waals surface area (Å²) in [7, 11) is 1.65. The summed E-state index contributed by atoms with van der Waals surface area (Å²) in [6.45, 7) is 5.29. The van der Waals surface area contributed by atoms with Gasteiger partial charge in [-0.1, -0.05) is 13.8 Å². The van der Waals surface area contributed by atoms with Gasteiger partial charge in [0.1, 0.15) is 5.75 Å². The van der Waals surface area contributed by atoms with E-state index in [0.29, 0.717) is 11.0 Å². The van der Waals surface area contributed by atoms with Crippen molar-refractivity contribution < 1.29 is 4.74 Å². The third-order valence-corrected chi connectivity index (χ3v) is 2.60. The van der Waals surface area contributed by atoms with Crippen LogP contribution in [0.4, 0.5) is 5.69 Å². The zero-order valence-corrected chi connectivity index (χ0v) is 11.4. The minimum atomic E-state index is 0.663. The van der Waals surface area contributed by atoms with Crippen LogP contribution in [0.15, 0.2) is 24.3 Å². The van der Waals surface area contributed by atoms with E-state index >= 15 is 0 Å². The second-order valence-corrected chi connectivity index (χ2v) is 4.70. The molecule has 1 aromatic carbocycles. The van der Waals surface area contributed by atoms with E-state index in [0.717, 1.165) is 24.4 Å². The summed E-state index contributed by atoms with van der Waals surface area (Å²) in [5, 5.41) is 6.97. The van der Waals surface area contributed by atoms with E-state index in [9.17, 15) is 0 Å². The SMILES string of the molecule is COc1ccc(NC(=S)NCCC(C)C)cc1. The highest BCUT2D eigenvalue weighted by atomic mass is 32.1. The van der Waals surface area contributed by atoms with Gasteiger partial charge in [0.2, 0.25) is 0 Å². The number of hydrogen-bond donors (Lipinski definition) is 2. The fraction of sp³-hybridized carbons (Fsp3) is 0.462. The third kappa shape index (κ3) is 5.54. The normalized spacial score (nSPS) is 10.1. The van der Waals surface area contributed by atoms with Gasteiger partial charge < -0.3 is 15.4 Å². The molecule has 0 radical (unpaired) electrons. The summed E-state index contributed by atoms with van der Waals surface area (Å²) in [4.78, 5) is 0. The number of rotatable bonds is 5. The zero-order valence-electron chi connectivity index (χ0n) is 10.6. The van der Waals surface area contributed by atoms with E-state index in [4.69, 9.17) is 17.0 Å². The van der Waals surface area contributed by atoms with Crippen molar-refractivity contribution in [1.29, 1.82) is 0 Å². The molecule has 0 aliphatic carbocycles. The molecule has 0 atom stereocenters. The third-order valence-electron chi connectivity index (χ3n) is 2.36. The molecule has 0 amide bonds. The molecule has 0 saturated heterocycles. The summed E-state index contributed by atoms with van der Waals surface area (Å²) in [5.74, 6) is 1.53. The molecule has 0 heterocycles. The molecule has 4 heteroatoms. The van der Waals surface area contributed by atoms with Gasteiger partial charge in [-0.15, -0.1) is 0 Å². The molecule has 94 valence electrons. The highest BCUT2D eigenvalue weighted by Gasteiger charge is 1.99. The van der Waals surface area contributed by atoms with Crippen molar-refractivity contribution in [3.05, 3.63) is 24.3 Å². The second-order valence-electron chi connectivity index (χ2n) is 4.29. The Kier molecular flexibility index (Phi) is 5.77. The molecular weight excluding hydrogens is 232 g/mol. The van der Waals surface area contributed by atoms with Crippen LogP contribution in [0.2, 0.25) is 0 Å². The van der Waals surface area contributed by atoms with Gasteiger partial charge in [0.25, 0.3) is 0 Å². The van der Waals surface area contributed by atoms with Crippen molar-refractivity contribution >= 4 is 23.0 Å². The molecule has 0 aromatic heterocycles. The Morgan fingerprint density at radius 1 is 1.29 bits per heavy atom. The van der Waals surface area contributed by atoms with Gasteiger partial charge in [-0.25, -0.2) is 0 Å². The van der Waals surface area contributed by atoms with Crippen LogP contribution in [0.1, 0.15) is 20.3 Å². The van der Waals surface area contributed by atoms with Crippen molar-refractivity contribution in [2.75, 3.05) is 19.0 Å². The van der Waals surface area contributed by atoms with Crippen LogP contribution in [0.3, 0.4) is 0 Å². The number of hydrogen-bond acceptors (Lipinski definition) is 2. The maximum Gasteiger partial charge on any atom is 0.170 e. The fourth-order valence-corrected chi connectivity index (χ4v) is 1.54. The number of benzene rings is 1. The Balaban J connectivity index is 2.34. The summed E-state index contributed by atoms with van der Waals surface area (Å²) in [5.41, 5.74) is 0.966. The average Bonchev–Trinajstić information content (AvgIpc) is 2.29. The lowest BCUT2D eigenvalue weighted by Gasteiger charge is -2.11. The Hall–Kier alpha value is -1.29. The molecule has 2 N–H and O–H groups in total. The summed E-state index contributed by atoms with van der Waals surface area (Å²) in [6, 6.07) is 7.68. The standard InChI is InChI=1S/C13H20N2OS/c1-10(2)8-9-14-13(17)15-11-4-6-12(16-3)7-5-11/h4-7,10H,8-9H2,1-3H3,(H2,14,15,17). The molecule has 0 fully saturated rings. The van der Waals surface area contributed by atoms with Crippen molar-refractivity contribution in [3.63, 3.8) is 0 Å². The molecule has 3 nitrogen and oxygen atoms in total. The van der Waals surface area contributed by atoms with Gasteiger partial charge in [-0.2, -0.15) is 0 Å². The molecule has 1 aromatic rings. The van der Waals surface area contributed by atoms with Gasteiger partial charge in [0.15, 0.2) is 5.11 Å². The number of anilines is 1. The number of ether oxygens (including phenoxy) is 1. The lowest BCUT2D eigenvalue weighted by molar-refractivity contribution is 0.415. The van der Waals surface area contributed by atoms with E-state index in [1.165, 1.54) is 0 Å². The maximum absolute atomic E-state index is 5.20. The summed E-state index contributed by atoms with van der Waals surface area (Å²) < 4.78 is 5.09.